The van der Waals surface area contributed by atoms with Crippen LogP contribution >= 0.6 is 11.6 Å². The number of nitrogens with one attached hydrogen (secondary N) is 1. The number of likely N-dealkylation sites (tertiary alicyclic amines) is 1. The second-order valence-electron chi connectivity index (χ2n) is 6.20. The Labute approximate surface area is 144 Å². The minimum atomic E-state index is -0.0174. The van der Waals surface area contributed by atoms with Gasteiger partial charge in [-0.2, -0.15) is 5.10 Å². The van der Waals surface area contributed by atoms with Gasteiger partial charge in [-0.05, 0) is 38.0 Å². The Balaban J connectivity index is 1.70. The Morgan fingerprint density at radius 2 is 2.25 bits per heavy atom. The number of rotatable bonds is 2. The van der Waals surface area contributed by atoms with Crippen LogP contribution in [0.5, 0.6) is 0 Å². The number of amides is 1. The number of fused-ring (bicyclic) bond motifs is 1. The van der Waals surface area contributed by atoms with E-state index in [-0.39, 0.29) is 11.9 Å². The number of hydrogen-bond acceptors (Lipinski definition) is 3. The molecule has 0 aliphatic carbocycles. The third-order valence-electron chi connectivity index (χ3n) is 4.71. The van der Waals surface area contributed by atoms with Crippen molar-refractivity contribution in [2.75, 3.05) is 6.54 Å². The van der Waals surface area contributed by atoms with Gasteiger partial charge >= 0.3 is 0 Å². The van der Waals surface area contributed by atoms with Crippen LogP contribution in [0.25, 0.3) is 11.0 Å². The van der Waals surface area contributed by atoms with Crippen molar-refractivity contribution in [1.82, 2.24) is 24.6 Å². The van der Waals surface area contributed by atoms with Gasteiger partial charge in [-0.1, -0.05) is 11.6 Å². The van der Waals surface area contributed by atoms with Gasteiger partial charge in [0.2, 0.25) is 0 Å². The summed E-state index contributed by atoms with van der Waals surface area (Å²) in [6.07, 6.45) is 3.51. The van der Waals surface area contributed by atoms with Crippen molar-refractivity contribution in [3.05, 3.63) is 46.5 Å². The summed E-state index contributed by atoms with van der Waals surface area (Å²) in [4.78, 5) is 22.2. The molecule has 1 saturated heterocycles. The van der Waals surface area contributed by atoms with Gasteiger partial charge < -0.3 is 9.88 Å². The Morgan fingerprint density at radius 1 is 1.42 bits per heavy atom. The molecule has 1 aliphatic rings. The van der Waals surface area contributed by atoms with Crippen molar-refractivity contribution in [1.29, 1.82) is 0 Å². The minimum absolute atomic E-state index is 0.0174. The number of aromatic amines is 1. The first-order valence-corrected chi connectivity index (χ1v) is 8.37. The first kappa shape index (κ1) is 15.2. The lowest BCUT2D eigenvalue weighted by molar-refractivity contribution is 0.0735. The number of carbonyl (C=O) groups is 1. The van der Waals surface area contributed by atoms with Crippen molar-refractivity contribution < 1.29 is 4.79 Å². The number of imidazole rings is 1. The van der Waals surface area contributed by atoms with E-state index in [1.807, 2.05) is 37.1 Å². The number of carbonyl (C=O) groups excluding carboxylic acids is 1. The Kier molecular flexibility index (Phi) is 3.57. The first-order valence-electron chi connectivity index (χ1n) is 7.99. The van der Waals surface area contributed by atoms with Crippen molar-refractivity contribution in [2.24, 2.45) is 7.05 Å². The molecule has 0 bridgehead atoms. The van der Waals surface area contributed by atoms with Gasteiger partial charge in [0.15, 0.2) is 0 Å². The summed E-state index contributed by atoms with van der Waals surface area (Å²) in [7, 11) is 1.83. The Hall–Kier alpha value is -2.34. The van der Waals surface area contributed by atoms with Crippen LogP contribution in [-0.4, -0.2) is 37.1 Å². The van der Waals surface area contributed by atoms with E-state index in [9.17, 15) is 4.79 Å². The molecule has 1 fully saturated rings. The van der Waals surface area contributed by atoms with Gasteiger partial charge in [0.25, 0.3) is 5.91 Å². The lowest BCUT2D eigenvalue weighted by atomic mass is 10.0. The molecule has 1 aromatic carbocycles. The zero-order valence-corrected chi connectivity index (χ0v) is 14.3. The Bertz CT molecular complexity index is 928. The molecule has 2 aromatic heterocycles. The molecule has 1 atom stereocenters. The largest absolute Gasteiger partial charge is 0.345 e. The molecule has 1 aliphatic heterocycles. The van der Waals surface area contributed by atoms with Gasteiger partial charge in [0.1, 0.15) is 5.15 Å². The molecule has 124 valence electrons. The van der Waals surface area contributed by atoms with E-state index >= 15 is 0 Å². The van der Waals surface area contributed by atoms with Crippen LogP contribution in [0, 0.1) is 6.92 Å². The fraction of sp³-hybridized carbons (Fsp3) is 0.353. The molecule has 1 N–H and O–H groups in total. The predicted octanol–water partition coefficient (Wildman–Crippen LogP) is 3.24. The molecule has 0 radical (unpaired) electrons. The van der Waals surface area contributed by atoms with Gasteiger partial charge in [0.05, 0.1) is 29.1 Å². The van der Waals surface area contributed by atoms with Crippen LogP contribution in [0.15, 0.2) is 24.5 Å². The molecule has 3 heterocycles. The number of halogens is 1. The average Bonchev–Trinajstić information content (AvgIpc) is 3.26. The molecule has 0 saturated carbocycles. The van der Waals surface area contributed by atoms with E-state index in [1.165, 1.54) is 0 Å². The van der Waals surface area contributed by atoms with Crippen LogP contribution in [0.3, 0.4) is 0 Å². The summed E-state index contributed by atoms with van der Waals surface area (Å²) in [5, 5.41) is 5.00. The summed E-state index contributed by atoms with van der Waals surface area (Å²) < 4.78 is 1.67. The molecule has 7 heteroatoms. The molecule has 0 spiro atoms. The number of aromatic nitrogens is 4. The summed E-state index contributed by atoms with van der Waals surface area (Å²) in [6, 6.07) is 5.54. The van der Waals surface area contributed by atoms with Gasteiger partial charge in [-0.15, -0.1) is 0 Å². The van der Waals surface area contributed by atoms with Crippen LogP contribution in [0.2, 0.25) is 5.15 Å². The smallest absolute Gasteiger partial charge is 0.254 e. The average molecular weight is 344 g/mol. The minimum Gasteiger partial charge on any atom is -0.345 e. The van der Waals surface area contributed by atoms with E-state index in [0.29, 0.717) is 10.7 Å². The molecular formula is C17H18ClN5O. The fourth-order valence-electron chi connectivity index (χ4n) is 3.57. The van der Waals surface area contributed by atoms with Gasteiger partial charge in [-0.3, -0.25) is 9.48 Å². The SMILES string of the molecule is Cc1nn(C)c(Cl)c1[C@H]1CCCN1C(=O)c1ccc2nc[nH]c2c1. The maximum absolute atomic E-state index is 13.0. The van der Waals surface area contributed by atoms with Crippen LogP contribution < -0.4 is 0 Å². The maximum atomic E-state index is 13.0. The second kappa shape index (κ2) is 5.63. The van der Waals surface area contributed by atoms with Gasteiger partial charge in [0, 0.05) is 24.7 Å². The molecular weight excluding hydrogens is 326 g/mol. The number of benzene rings is 1. The molecule has 6 nitrogen and oxygen atoms in total. The van der Waals surface area contributed by atoms with Crippen LogP contribution in [0.4, 0.5) is 0 Å². The highest BCUT2D eigenvalue weighted by atomic mass is 35.5. The normalized spacial score (nSPS) is 17.8. The molecule has 1 amide bonds. The monoisotopic (exact) mass is 343 g/mol. The summed E-state index contributed by atoms with van der Waals surface area (Å²) in [5.74, 6) is 0.0216. The molecule has 3 aromatic rings. The quantitative estimate of drug-likeness (QED) is 0.776. The molecule has 0 unspecified atom stereocenters. The van der Waals surface area contributed by atoms with Crippen molar-refractivity contribution in [3.63, 3.8) is 0 Å². The highest BCUT2D eigenvalue weighted by molar-refractivity contribution is 6.30. The number of hydrogen-bond donors (Lipinski definition) is 1. The molecule has 24 heavy (non-hydrogen) atoms. The van der Waals surface area contributed by atoms with Crippen LogP contribution in [-0.2, 0) is 7.05 Å². The van der Waals surface area contributed by atoms with E-state index in [4.69, 9.17) is 11.6 Å². The van der Waals surface area contributed by atoms with E-state index < -0.39 is 0 Å². The van der Waals surface area contributed by atoms with Gasteiger partial charge in [-0.25, -0.2) is 4.98 Å². The van der Waals surface area contributed by atoms with Crippen molar-refractivity contribution in [2.45, 2.75) is 25.8 Å². The number of aryl methyl sites for hydroxylation is 2. The number of nitrogens with zero attached hydrogens (tertiary/aromatic N) is 4. The Morgan fingerprint density at radius 3 is 3.00 bits per heavy atom. The first-order chi connectivity index (χ1) is 11.6. The van der Waals surface area contributed by atoms with Crippen molar-refractivity contribution >= 4 is 28.5 Å². The topological polar surface area (TPSA) is 66.8 Å². The lowest BCUT2D eigenvalue weighted by Crippen LogP contribution is -2.30. The van der Waals surface area contributed by atoms with E-state index in [1.54, 1.807) is 11.0 Å². The standard InChI is InChI=1S/C17H18ClN5O/c1-10-15(16(18)22(2)21-10)14-4-3-7-23(14)17(24)11-5-6-12-13(8-11)20-9-19-12/h5-6,8-9,14H,3-4,7H2,1-2H3,(H,19,20)/t14-/m1/s1. The zero-order valence-electron chi connectivity index (χ0n) is 13.6. The third kappa shape index (κ3) is 2.29. The summed E-state index contributed by atoms with van der Waals surface area (Å²) in [5.41, 5.74) is 4.24. The van der Waals surface area contributed by atoms with Crippen molar-refractivity contribution in [3.8, 4) is 0 Å². The van der Waals surface area contributed by atoms with E-state index in [2.05, 4.69) is 15.1 Å². The highest BCUT2D eigenvalue weighted by Crippen LogP contribution is 2.38. The fourth-order valence-corrected chi connectivity index (χ4v) is 3.87. The molecule has 4 rings (SSSR count). The lowest BCUT2D eigenvalue weighted by Gasteiger charge is -2.25. The summed E-state index contributed by atoms with van der Waals surface area (Å²) in [6.45, 7) is 2.67. The second-order valence-corrected chi connectivity index (χ2v) is 6.56. The summed E-state index contributed by atoms with van der Waals surface area (Å²) >= 11 is 6.42. The van der Waals surface area contributed by atoms with E-state index in [0.717, 1.165) is 41.7 Å². The highest BCUT2D eigenvalue weighted by Gasteiger charge is 2.34. The van der Waals surface area contributed by atoms with Crippen LogP contribution in [0.1, 0.15) is 40.5 Å². The predicted molar refractivity (Wildman–Crippen MR) is 92.1 cm³/mol. The third-order valence-corrected chi connectivity index (χ3v) is 5.16. The maximum Gasteiger partial charge on any atom is 0.254 e. The number of H-pyrrole nitrogens is 1. The zero-order chi connectivity index (χ0) is 16.8.